The highest BCUT2D eigenvalue weighted by Crippen LogP contribution is 2.23. The second kappa shape index (κ2) is 7.87. The summed E-state index contributed by atoms with van der Waals surface area (Å²) >= 11 is 0. The first-order valence-corrected chi connectivity index (χ1v) is 10.5. The van der Waals surface area contributed by atoms with Gasteiger partial charge in [0.25, 0.3) is 5.91 Å². The van der Waals surface area contributed by atoms with E-state index in [4.69, 9.17) is 4.42 Å². The molecule has 5 rings (SSSR count). The summed E-state index contributed by atoms with van der Waals surface area (Å²) in [5, 5.41) is 4.53. The van der Waals surface area contributed by atoms with Crippen molar-refractivity contribution in [1.82, 2.24) is 19.7 Å². The maximum Gasteiger partial charge on any atom is 0.254 e. The Labute approximate surface area is 181 Å². The highest BCUT2D eigenvalue weighted by molar-refractivity contribution is 5.94. The first kappa shape index (κ1) is 19.3. The van der Waals surface area contributed by atoms with Crippen LogP contribution in [0.3, 0.4) is 0 Å². The number of carbonyl (C=O) groups is 1. The third-order valence-electron chi connectivity index (χ3n) is 5.60. The summed E-state index contributed by atoms with van der Waals surface area (Å²) < 4.78 is 7.84. The van der Waals surface area contributed by atoms with Crippen molar-refractivity contribution in [1.29, 1.82) is 0 Å². The van der Waals surface area contributed by atoms with Crippen molar-refractivity contribution in [3.8, 4) is 5.69 Å². The van der Waals surface area contributed by atoms with E-state index in [-0.39, 0.29) is 5.91 Å². The number of rotatable bonds is 4. The van der Waals surface area contributed by atoms with E-state index in [1.54, 1.807) is 0 Å². The van der Waals surface area contributed by atoms with Gasteiger partial charge in [0.2, 0.25) is 0 Å². The van der Waals surface area contributed by atoms with Gasteiger partial charge in [-0.05, 0) is 43.7 Å². The number of amides is 1. The number of carbonyl (C=O) groups excluding carboxylic acids is 1. The molecule has 0 radical (unpaired) electrons. The molecule has 4 aromatic rings. The zero-order valence-corrected chi connectivity index (χ0v) is 17.7. The van der Waals surface area contributed by atoms with E-state index in [0.717, 1.165) is 34.1 Å². The van der Waals surface area contributed by atoms with Crippen molar-refractivity contribution in [2.45, 2.75) is 33.2 Å². The summed E-state index contributed by atoms with van der Waals surface area (Å²) in [6.07, 6.45) is 1.34. The Morgan fingerprint density at radius 2 is 1.90 bits per heavy atom. The molecule has 6 nitrogen and oxygen atoms in total. The van der Waals surface area contributed by atoms with Gasteiger partial charge in [-0.25, -0.2) is 9.67 Å². The first-order chi connectivity index (χ1) is 15.1. The highest BCUT2D eigenvalue weighted by Gasteiger charge is 2.26. The number of fused-ring (bicyclic) bond motifs is 1. The van der Waals surface area contributed by atoms with Gasteiger partial charge >= 0.3 is 0 Å². The number of nitrogens with zero attached hydrogens (tertiary/aromatic N) is 4. The monoisotopic (exact) mass is 412 g/mol. The van der Waals surface area contributed by atoms with E-state index in [9.17, 15) is 4.79 Å². The van der Waals surface area contributed by atoms with E-state index in [0.29, 0.717) is 37.4 Å². The summed E-state index contributed by atoms with van der Waals surface area (Å²) in [6, 6.07) is 19.8. The molecule has 0 aliphatic carbocycles. The standard InChI is InChI=1S/C25H24N4O2/c1-17-13-18(2)29(27-17)21-10-6-9-20(15-21)25(30)28-12-11-23-22(16-28)26-24(31-23)14-19-7-4-3-5-8-19/h3-10,13,15H,11-12,14,16H2,1-2H3. The average molecular weight is 412 g/mol. The van der Waals surface area contributed by atoms with Crippen LogP contribution in [0.5, 0.6) is 0 Å². The van der Waals surface area contributed by atoms with E-state index in [1.807, 2.05) is 72.0 Å². The molecule has 0 saturated heterocycles. The molecule has 2 aromatic heterocycles. The molecule has 0 saturated carbocycles. The van der Waals surface area contributed by atoms with Crippen molar-refractivity contribution < 1.29 is 9.21 Å². The van der Waals surface area contributed by atoms with E-state index in [1.165, 1.54) is 0 Å². The summed E-state index contributed by atoms with van der Waals surface area (Å²) in [5.41, 5.74) is 5.56. The number of hydrogen-bond donors (Lipinski definition) is 0. The first-order valence-electron chi connectivity index (χ1n) is 10.5. The molecule has 0 bridgehead atoms. The molecule has 31 heavy (non-hydrogen) atoms. The van der Waals surface area contributed by atoms with Crippen molar-refractivity contribution in [2.24, 2.45) is 0 Å². The predicted octanol–water partition coefficient (Wildman–Crippen LogP) is 4.27. The van der Waals surface area contributed by atoms with Gasteiger partial charge in [-0.3, -0.25) is 4.79 Å². The van der Waals surface area contributed by atoms with Gasteiger partial charge in [0.1, 0.15) is 11.5 Å². The van der Waals surface area contributed by atoms with Gasteiger partial charge in [0.05, 0.1) is 17.9 Å². The number of aryl methyl sites for hydroxylation is 2. The van der Waals surface area contributed by atoms with Crippen molar-refractivity contribution in [3.05, 3.63) is 101 Å². The Morgan fingerprint density at radius 1 is 1.06 bits per heavy atom. The van der Waals surface area contributed by atoms with Crippen LogP contribution in [0.4, 0.5) is 0 Å². The topological polar surface area (TPSA) is 64.2 Å². The van der Waals surface area contributed by atoms with Gasteiger partial charge in [-0.2, -0.15) is 5.10 Å². The predicted molar refractivity (Wildman–Crippen MR) is 117 cm³/mol. The number of hydrogen-bond acceptors (Lipinski definition) is 4. The van der Waals surface area contributed by atoms with E-state index in [2.05, 4.69) is 22.2 Å². The van der Waals surface area contributed by atoms with Gasteiger partial charge < -0.3 is 9.32 Å². The maximum absolute atomic E-state index is 13.2. The van der Waals surface area contributed by atoms with Crippen molar-refractivity contribution in [3.63, 3.8) is 0 Å². The maximum atomic E-state index is 13.2. The zero-order valence-electron chi connectivity index (χ0n) is 17.7. The van der Waals surface area contributed by atoms with Crippen LogP contribution in [0, 0.1) is 13.8 Å². The Kier molecular flexibility index (Phi) is 4.90. The molecule has 2 aromatic carbocycles. The lowest BCUT2D eigenvalue weighted by molar-refractivity contribution is 0.0728. The molecular formula is C25H24N4O2. The molecule has 1 amide bonds. The third kappa shape index (κ3) is 3.89. The lowest BCUT2D eigenvalue weighted by Gasteiger charge is -2.25. The minimum absolute atomic E-state index is 0.00152. The van der Waals surface area contributed by atoms with Crippen LogP contribution in [0.2, 0.25) is 0 Å². The third-order valence-corrected chi connectivity index (χ3v) is 5.60. The van der Waals surface area contributed by atoms with Gasteiger partial charge in [0, 0.05) is 30.6 Å². The summed E-state index contributed by atoms with van der Waals surface area (Å²) in [4.78, 5) is 19.7. The second-order valence-electron chi connectivity index (χ2n) is 8.01. The number of aromatic nitrogens is 3. The molecular weight excluding hydrogens is 388 g/mol. The fourth-order valence-corrected chi connectivity index (χ4v) is 4.12. The molecule has 0 N–H and O–H groups in total. The summed E-state index contributed by atoms with van der Waals surface area (Å²) in [5.74, 6) is 1.60. The molecule has 6 heteroatoms. The second-order valence-corrected chi connectivity index (χ2v) is 8.01. The van der Waals surface area contributed by atoms with Gasteiger partial charge in [-0.15, -0.1) is 0 Å². The van der Waals surface area contributed by atoms with Crippen LogP contribution >= 0.6 is 0 Å². The van der Waals surface area contributed by atoms with Crippen molar-refractivity contribution in [2.75, 3.05) is 6.54 Å². The minimum atomic E-state index is 0.00152. The van der Waals surface area contributed by atoms with Crippen LogP contribution in [0.15, 0.2) is 65.1 Å². The fourth-order valence-electron chi connectivity index (χ4n) is 4.12. The number of oxazole rings is 1. The van der Waals surface area contributed by atoms with Crippen LogP contribution in [-0.2, 0) is 19.4 Å². The smallest absolute Gasteiger partial charge is 0.254 e. The Hall–Kier alpha value is -3.67. The molecule has 3 heterocycles. The fraction of sp³-hybridized carbons (Fsp3) is 0.240. The Balaban J connectivity index is 1.34. The molecule has 156 valence electrons. The van der Waals surface area contributed by atoms with Gasteiger partial charge in [-0.1, -0.05) is 36.4 Å². The lowest BCUT2D eigenvalue weighted by Crippen LogP contribution is -2.35. The molecule has 0 unspecified atom stereocenters. The van der Waals surface area contributed by atoms with Crippen LogP contribution in [0.25, 0.3) is 5.69 Å². The van der Waals surface area contributed by atoms with Crippen LogP contribution in [-0.4, -0.2) is 32.1 Å². The lowest BCUT2D eigenvalue weighted by atomic mass is 10.1. The highest BCUT2D eigenvalue weighted by atomic mass is 16.4. The molecule has 0 atom stereocenters. The molecule has 0 fully saturated rings. The number of benzene rings is 2. The average Bonchev–Trinajstić information content (AvgIpc) is 3.34. The Bertz CT molecular complexity index is 1240. The quantitative estimate of drug-likeness (QED) is 0.502. The summed E-state index contributed by atoms with van der Waals surface area (Å²) in [6.45, 7) is 5.07. The van der Waals surface area contributed by atoms with Crippen LogP contribution < -0.4 is 0 Å². The molecule has 0 spiro atoms. The van der Waals surface area contributed by atoms with Crippen molar-refractivity contribution >= 4 is 5.91 Å². The van der Waals surface area contributed by atoms with E-state index < -0.39 is 0 Å². The minimum Gasteiger partial charge on any atom is -0.445 e. The molecule has 1 aliphatic heterocycles. The largest absolute Gasteiger partial charge is 0.445 e. The van der Waals surface area contributed by atoms with Gasteiger partial charge in [0.15, 0.2) is 5.89 Å². The summed E-state index contributed by atoms with van der Waals surface area (Å²) in [7, 11) is 0. The normalized spacial score (nSPS) is 13.3. The SMILES string of the molecule is Cc1cc(C)n(-c2cccc(C(=O)N3CCc4oc(Cc5ccccc5)nc4C3)c2)n1. The van der Waals surface area contributed by atoms with Crippen LogP contribution in [0.1, 0.15) is 44.7 Å². The Morgan fingerprint density at radius 3 is 2.68 bits per heavy atom. The molecule has 1 aliphatic rings. The van der Waals surface area contributed by atoms with E-state index >= 15 is 0 Å². The zero-order chi connectivity index (χ0) is 21.4.